The monoisotopic (exact) mass is 443 g/mol. The van der Waals surface area contributed by atoms with Crippen LogP contribution in [0.15, 0.2) is 36.0 Å². The standard InChI is InChI=1S/C26H37NO5/c1-15-10-11-20-18(12-15)13-16(2)19(9-7-5-6-8-17(3)29)26(20,4)24(31)22-23(30)21(14-28)27-25(22)32/h5-7,9,13,15,17-20,27-30,32H,8,10-12,14H2,1-4H3/b6-5+,9-7+/t15-,17+,18+,19+,20+,26-/m1/s1. The summed E-state index contributed by atoms with van der Waals surface area (Å²) < 4.78 is 0. The van der Waals surface area contributed by atoms with Gasteiger partial charge in [0.1, 0.15) is 5.56 Å². The van der Waals surface area contributed by atoms with Gasteiger partial charge in [-0.2, -0.15) is 0 Å². The van der Waals surface area contributed by atoms with E-state index in [1.165, 1.54) is 0 Å². The number of aromatic nitrogens is 1. The molecule has 0 saturated heterocycles. The van der Waals surface area contributed by atoms with Gasteiger partial charge >= 0.3 is 0 Å². The summed E-state index contributed by atoms with van der Waals surface area (Å²) in [7, 11) is 0. The molecule has 5 N–H and O–H groups in total. The minimum absolute atomic E-state index is 0.0412. The van der Waals surface area contributed by atoms with E-state index in [1.54, 1.807) is 6.92 Å². The van der Waals surface area contributed by atoms with Crippen LogP contribution in [0.4, 0.5) is 0 Å². The van der Waals surface area contributed by atoms with Crippen molar-refractivity contribution in [1.82, 2.24) is 4.98 Å². The van der Waals surface area contributed by atoms with Crippen molar-refractivity contribution in [3.8, 4) is 11.6 Å². The first-order valence-corrected chi connectivity index (χ1v) is 11.6. The van der Waals surface area contributed by atoms with Gasteiger partial charge in [-0.25, -0.2) is 0 Å². The molecule has 0 bridgehead atoms. The number of hydrogen-bond acceptors (Lipinski definition) is 5. The number of nitrogens with one attached hydrogen (secondary N) is 1. The lowest BCUT2D eigenvalue weighted by Gasteiger charge is -2.51. The molecule has 1 heterocycles. The van der Waals surface area contributed by atoms with Gasteiger partial charge in [0, 0.05) is 11.3 Å². The number of rotatable bonds is 7. The highest BCUT2D eigenvalue weighted by Crippen LogP contribution is 2.56. The number of H-pyrrole nitrogens is 1. The Labute approximate surface area is 190 Å². The van der Waals surface area contributed by atoms with Crippen molar-refractivity contribution in [3.63, 3.8) is 0 Å². The van der Waals surface area contributed by atoms with Gasteiger partial charge in [0.15, 0.2) is 11.5 Å². The highest BCUT2D eigenvalue weighted by molar-refractivity contribution is 6.05. The van der Waals surface area contributed by atoms with Crippen molar-refractivity contribution in [2.45, 2.75) is 66.1 Å². The number of hydrogen-bond donors (Lipinski definition) is 5. The highest BCUT2D eigenvalue weighted by Gasteiger charge is 2.54. The van der Waals surface area contributed by atoms with E-state index in [0.717, 1.165) is 24.8 Å². The molecular weight excluding hydrogens is 406 g/mol. The molecule has 1 aromatic heterocycles. The first-order valence-electron chi connectivity index (χ1n) is 11.6. The number of aromatic hydroxyl groups is 2. The zero-order valence-corrected chi connectivity index (χ0v) is 19.5. The maximum atomic E-state index is 14.0. The average Bonchev–Trinajstić information content (AvgIpc) is 3.01. The maximum Gasteiger partial charge on any atom is 0.203 e. The molecule has 6 nitrogen and oxygen atoms in total. The Hall–Kier alpha value is -2.31. The molecular formula is C26H37NO5. The van der Waals surface area contributed by atoms with Gasteiger partial charge in [0.25, 0.3) is 0 Å². The van der Waals surface area contributed by atoms with E-state index in [9.17, 15) is 25.2 Å². The number of aliphatic hydroxyl groups is 2. The minimum atomic E-state index is -0.859. The summed E-state index contributed by atoms with van der Waals surface area (Å²) in [6.45, 7) is 7.49. The minimum Gasteiger partial charge on any atom is -0.505 e. The van der Waals surface area contributed by atoms with Crippen molar-refractivity contribution in [3.05, 3.63) is 47.2 Å². The van der Waals surface area contributed by atoms with Crippen molar-refractivity contribution in [2.75, 3.05) is 0 Å². The van der Waals surface area contributed by atoms with Gasteiger partial charge in [-0.1, -0.05) is 56.2 Å². The summed E-state index contributed by atoms with van der Waals surface area (Å²) in [4.78, 5) is 16.6. The lowest BCUT2D eigenvalue weighted by molar-refractivity contribution is 0.0326. The van der Waals surface area contributed by atoms with E-state index in [1.807, 2.05) is 38.2 Å². The second kappa shape index (κ2) is 9.67. The van der Waals surface area contributed by atoms with Crippen LogP contribution in [0.5, 0.6) is 11.6 Å². The molecule has 6 heteroatoms. The molecule has 0 radical (unpaired) electrons. The van der Waals surface area contributed by atoms with Crippen molar-refractivity contribution >= 4 is 5.78 Å². The summed E-state index contributed by atoms with van der Waals surface area (Å²) in [5, 5.41) is 39.9. The van der Waals surface area contributed by atoms with E-state index >= 15 is 0 Å². The predicted molar refractivity (Wildman–Crippen MR) is 124 cm³/mol. The molecule has 32 heavy (non-hydrogen) atoms. The summed E-state index contributed by atoms with van der Waals surface area (Å²) in [6.07, 6.45) is 13.1. The van der Waals surface area contributed by atoms with Crippen LogP contribution in [-0.4, -0.2) is 37.3 Å². The molecule has 0 aromatic carbocycles. The Morgan fingerprint density at radius 2 is 2.03 bits per heavy atom. The number of carbonyl (C=O) groups is 1. The molecule has 1 fully saturated rings. The van der Waals surface area contributed by atoms with Gasteiger partial charge in [0.2, 0.25) is 5.88 Å². The number of aromatic amines is 1. The van der Waals surface area contributed by atoms with E-state index in [0.29, 0.717) is 12.3 Å². The maximum absolute atomic E-state index is 14.0. The third kappa shape index (κ3) is 4.44. The molecule has 2 aliphatic carbocycles. The number of allylic oxidation sites excluding steroid dienone is 5. The fraction of sp³-hybridized carbons (Fsp3) is 0.577. The van der Waals surface area contributed by atoms with Gasteiger partial charge in [-0.15, -0.1) is 0 Å². The third-order valence-corrected chi connectivity index (χ3v) is 7.48. The van der Waals surface area contributed by atoms with Crippen LogP contribution in [0.2, 0.25) is 0 Å². The van der Waals surface area contributed by atoms with Crippen LogP contribution >= 0.6 is 0 Å². The number of Topliss-reactive ketones (excluding diaryl/α,β-unsaturated/α-hetero) is 1. The average molecular weight is 444 g/mol. The summed E-state index contributed by atoms with van der Waals surface area (Å²) in [5.41, 5.74) is 0.154. The van der Waals surface area contributed by atoms with Gasteiger partial charge in [-0.3, -0.25) is 4.79 Å². The molecule has 0 amide bonds. The zero-order valence-electron chi connectivity index (χ0n) is 19.5. The van der Waals surface area contributed by atoms with E-state index in [-0.39, 0.29) is 40.5 Å². The first-order chi connectivity index (χ1) is 15.1. The van der Waals surface area contributed by atoms with Crippen LogP contribution in [0, 0.1) is 29.1 Å². The molecule has 6 atom stereocenters. The summed E-state index contributed by atoms with van der Waals surface area (Å²) >= 11 is 0. The fourth-order valence-electron chi connectivity index (χ4n) is 5.82. The molecule has 2 aliphatic rings. The van der Waals surface area contributed by atoms with E-state index in [4.69, 9.17) is 0 Å². The summed E-state index contributed by atoms with van der Waals surface area (Å²) in [5.74, 6) is -0.338. The van der Waals surface area contributed by atoms with Crippen molar-refractivity contribution in [2.24, 2.45) is 29.1 Å². The molecule has 0 spiro atoms. The molecule has 176 valence electrons. The lowest BCUT2D eigenvalue weighted by atomic mass is 9.51. The van der Waals surface area contributed by atoms with E-state index in [2.05, 4.69) is 18.0 Å². The molecule has 0 unspecified atom stereocenters. The van der Waals surface area contributed by atoms with E-state index < -0.39 is 24.0 Å². The van der Waals surface area contributed by atoms with Crippen LogP contribution in [-0.2, 0) is 6.61 Å². The van der Waals surface area contributed by atoms with Crippen LogP contribution < -0.4 is 0 Å². The second-order valence-corrected chi connectivity index (χ2v) is 9.92. The number of ketones is 1. The predicted octanol–water partition coefficient (Wildman–Crippen LogP) is 4.62. The Morgan fingerprint density at radius 1 is 1.31 bits per heavy atom. The second-order valence-electron chi connectivity index (χ2n) is 9.92. The lowest BCUT2D eigenvalue weighted by Crippen LogP contribution is -2.49. The van der Waals surface area contributed by atoms with Gasteiger partial charge in [-0.05, 0) is 50.9 Å². The molecule has 1 saturated carbocycles. The number of carbonyl (C=O) groups excluding carboxylic acids is 1. The van der Waals surface area contributed by atoms with Gasteiger partial charge in [0.05, 0.1) is 18.4 Å². The number of aliphatic hydroxyl groups excluding tert-OH is 2. The van der Waals surface area contributed by atoms with Crippen molar-refractivity contribution in [1.29, 1.82) is 0 Å². The SMILES string of the molecule is CC1=C[C@@H]2C[C@H](C)CC[C@@H]2[C@](C)(C(=O)c2c(O)[nH]c(CO)c2O)[C@H]1/C=C/C=C/C[C@H](C)O. The molecule has 0 aliphatic heterocycles. The Balaban J connectivity index is 2.06. The van der Waals surface area contributed by atoms with Crippen LogP contribution in [0.1, 0.15) is 69.4 Å². The Morgan fingerprint density at radius 3 is 2.66 bits per heavy atom. The van der Waals surface area contributed by atoms with Crippen molar-refractivity contribution < 1.29 is 25.2 Å². The van der Waals surface area contributed by atoms with Gasteiger partial charge < -0.3 is 25.4 Å². The van der Waals surface area contributed by atoms with Crippen LogP contribution in [0.25, 0.3) is 0 Å². The quantitative estimate of drug-likeness (QED) is 0.240. The third-order valence-electron chi connectivity index (χ3n) is 7.48. The Bertz CT molecular complexity index is 925. The highest BCUT2D eigenvalue weighted by atomic mass is 16.3. The molecule has 1 aromatic rings. The summed E-state index contributed by atoms with van der Waals surface area (Å²) in [6, 6.07) is 0. The van der Waals surface area contributed by atoms with Crippen LogP contribution in [0.3, 0.4) is 0 Å². The fourth-order valence-corrected chi connectivity index (χ4v) is 5.82. The smallest absolute Gasteiger partial charge is 0.203 e. The topological polar surface area (TPSA) is 114 Å². The first kappa shape index (κ1) is 24.3. The normalized spacial score (nSPS) is 31.6. The largest absolute Gasteiger partial charge is 0.505 e. The number of fused-ring (bicyclic) bond motifs is 1. The zero-order chi connectivity index (χ0) is 23.6. The molecule has 3 rings (SSSR count). The Kier molecular flexibility index (Phi) is 7.36.